The Morgan fingerprint density at radius 2 is 1.86 bits per heavy atom. The number of halogens is 1. The highest BCUT2D eigenvalue weighted by molar-refractivity contribution is 5.51. The zero-order valence-electron chi connectivity index (χ0n) is 15.8. The Kier molecular flexibility index (Phi) is 4.70. The minimum absolute atomic E-state index is 0.187. The van der Waals surface area contributed by atoms with Crippen molar-refractivity contribution < 1.29 is 9.13 Å². The van der Waals surface area contributed by atoms with Crippen LogP contribution in [0.2, 0.25) is 0 Å². The van der Waals surface area contributed by atoms with Crippen molar-refractivity contribution in [3.05, 3.63) is 59.8 Å². The standard InChI is InChI=1S/C21H24FN5O/c22-18-3-1-16(2-4-18)13-25-8-7-17(14-25)21-23-20-6-5-19(15-27(20)24-21)26-9-11-28-12-10-26/h1-6,15,17H,7-14H2. The van der Waals surface area contributed by atoms with Gasteiger partial charge in [0.15, 0.2) is 11.5 Å². The molecule has 5 rings (SSSR count). The Morgan fingerprint density at radius 1 is 1.04 bits per heavy atom. The fourth-order valence-electron chi connectivity index (χ4n) is 4.11. The van der Waals surface area contributed by atoms with Gasteiger partial charge in [0.2, 0.25) is 0 Å². The van der Waals surface area contributed by atoms with E-state index in [-0.39, 0.29) is 5.82 Å². The van der Waals surface area contributed by atoms with E-state index in [0.717, 1.165) is 75.1 Å². The van der Waals surface area contributed by atoms with Crippen molar-refractivity contribution in [2.24, 2.45) is 0 Å². The maximum atomic E-state index is 13.1. The number of nitrogens with zero attached hydrogens (tertiary/aromatic N) is 5. The summed E-state index contributed by atoms with van der Waals surface area (Å²) in [5, 5.41) is 4.77. The molecule has 7 heteroatoms. The maximum absolute atomic E-state index is 13.1. The molecule has 4 heterocycles. The molecule has 0 saturated carbocycles. The smallest absolute Gasteiger partial charge is 0.156 e. The number of ether oxygens (including phenoxy) is 1. The molecule has 1 aromatic carbocycles. The zero-order chi connectivity index (χ0) is 18.9. The summed E-state index contributed by atoms with van der Waals surface area (Å²) in [6.07, 6.45) is 3.12. The molecule has 28 heavy (non-hydrogen) atoms. The van der Waals surface area contributed by atoms with Gasteiger partial charge in [-0.1, -0.05) is 12.1 Å². The van der Waals surface area contributed by atoms with E-state index >= 15 is 0 Å². The topological polar surface area (TPSA) is 45.9 Å². The Morgan fingerprint density at radius 3 is 2.68 bits per heavy atom. The first-order chi connectivity index (χ1) is 13.7. The first-order valence-corrected chi connectivity index (χ1v) is 9.90. The zero-order valence-corrected chi connectivity index (χ0v) is 15.8. The van der Waals surface area contributed by atoms with Crippen molar-refractivity contribution in [2.75, 3.05) is 44.3 Å². The molecular formula is C21H24FN5O. The number of anilines is 1. The predicted octanol–water partition coefficient (Wildman–Crippen LogP) is 2.69. The van der Waals surface area contributed by atoms with E-state index in [1.807, 2.05) is 22.7 Å². The van der Waals surface area contributed by atoms with Crippen LogP contribution in [0.15, 0.2) is 42.6 Å². The van der Waals surface area contributed by atoms with Crippen molar-refractivity contribution in [3.63, 3.8) is 0 Å². The number of hydrogen-bond acceptors (Lipinski definition) is 5. The second-order valence-electron chi connectivity index (χ2n) is 7.61. The molecule has 0 radical (unpaired) electrons. The highest BCUT2D eigenvalue weighted by Gasteiger charge is 2.27. The van der Waals surface area contributed by atoms with E-state index < -0.39 is 0 Å². The van der Waals surface area contributed by atoms with E-state index in [0.29, 0.717) is 5.92 Å². The first kappa shape index (κ1) is 17.6. The largest absolute Gasteiger partial charge is 0.378 e. The molecule has 1 unspecified atom stereocenters. The number of pyridine rings is 1. The molecular weight excluding hydrogens is 357 g/mol. The van der Waals surface area contributed by atoms with Crippen molar-refractivity contribution in [3.8, 4) is 0 Å². The third kappa shape index (κ3) is 3.59. The second-order valence-corrected chi connectivity index (χ2v) is 7.61. The molecule has 0 spiro atoms. The van der Waals surface area contributed by atoms with Crippen LogP contribution in [-0.2, 0) is 11.3 Å². The Bertz CT molecular complexity index is 951. The summed E-state index contributed by atoms with van der Waals surface area (Å²) in [6.45, 7) is 6.15. The molecule has 2 aliphatic heterocycles. The highest BCUT2D eigenvalue weighted by atomic mass is 19.1. The van der Waals surface area contributed by atoms with Crippen LogP contribution in [0, 0.1) is 5.82 Å². The van der Waals surface area contributed by atoms with E-state index in [1.54, 1.807) is 0 Å². The number of likely N-dealkylation sites (tertiary alicyclic amines) is 1. The van der Waals surface area contributed by atoms with Gasteiger partial charge in [0.25, 0.3) is 0 Å². The highest BCUT2D eigenvalue weighted by Crippen LogP contribution is 2.27. The van der Waals surface area contributed by atoms with Crippen LogP contribution in [0.1, 0.15) is 23.7 Å². The normalized spacial score (nSPS) is 20.9. The van der Waals surface area contributed by atoms with E-state index in [4.69, 9.17) is 14.8 Å². The molecule has 0 aliphatic carbocycles. The van der Waals surface area contributed by atoms with E-state index in [1.165, 1.54) is 12.1 Å². The molecule has 0 amide bonds. The maximum Gasteiger partial charge on any atom is 0.156 e. The summed E-state index contributed by atoms with van der Waals surface area (Å²) in [7, 11) is 0. The number of hydrogen-bond donors (Lipinski definition) is 0. The number of aromatic nitrogens is 3. The molecule has 0 bridgehead atoms. The van der Waals surface area contributed by atoms with Crippen molar-refractivity contribution >= 4 is 11.3 Å². The van der Waals surface area contributed by atoms with Gasteiger partial charge in [-0.3, -0.25) is 4.90 Å². The van der Waals surface area contributed by atoms with Gasteiger partial charge in [-0.2, -0.15) is 5.10 Å². The Hall–Kier alpha value is -2.51. The van der Waals surface area contributed by atoms with Crippen molar-refractivity contribution in [1.29, 1.82) is 0 Å². The quantitative estimate of drug-likeness (QED) is 0.695. The Balaban J connectivity index is 1.28. The molecule has 2 aliphatic rings. The third-order valence-electron chi connectivity index (χ3n) is 5.66. The lowest BCUT2D eigenvalue weighted by Gasteiger charge is -2.28. The summed E-state index contributed by atoms with van der Waals surface area (Å²) >= 11 is 0. The van der Waals surface area contributed by atoms with Gasteiger partial charge in [-0.25, -0.2) is 13.9 Å². The van der Waals surface area contributed by atoms with Crippen LogP contribution in [0.5, 0.6) is 0 Å². The van der Waals surface area contributed by atoms with Crippen LogP contribution in [0.3, 0.4) is 0 Å². The summed E-state index contributed by atoms with van der Waals surface area (Å²) in [4.78, 5) is 9.48. The number of fused-ring (bicyclic) bond motifs is 1. The third-order valence-corrected chi connectivity index (χ3v) is 5.66. The molecule has 146 valence electrons. The molecule has 0 N–H and O–H groups in total. The van der Waals surface area contributed by atoms with Crippen molar-refractivity contribution in [1.82, 2.24) is 19.5 Å². The lowest BCUT2D eigenvalue weighted by atomic mass is 10.1. The minimum Gasteiger partial charge on any atom is -0.378 e. The lowest BCUT2D eigenvalue weighted by molar-refractivity contribution is 0.122. The fraction of sp³-hybridized carbons (Fsp3) is 0.429. The van der Waals surface area contributed by atoms with E-state index in [2.05, 4.69) is 22.1 Å². The SMILES string of the molecule is Fc1ccc(CN2CCC(c3nc4ccc(N5CCOCC5)cn4n3)C2)cc1. The molecule has 6 nitrogen and oxygen atoms in total. The van der Waals surface area contributed by atoms with Gasteiger partial charge in [-0.05, 0) is 42.8 Å². The van der Waals surface area contributed by atoms with Crippen LogP contribution in [-0.4, -0.2) is 58.9 Å². The minimum atomic E-state index is -0.187. The van der Waals surface area contributed by atoms with Crippen LogP contribution in [0.4, 0.5) is 10.1 Å². The summed E-state index contributed by atoms with van der Waals surface area (Å²) < 4.78 is 20.4. The molecule has 2 aromatic heterocycles. The van der Waals surface area contributed by atoms with E-state index in [9.17, 15) is 4.39 Å². The molecule has 1 atom stereocenters. The van der Waals surface area contributed by atoms with Gasteiger partial charge in [0.05, 0.1) is 25.1 Å². The Labute approximate surface area is 163 Å². The summed E-state index contributed by atoms with van der Waals surface area (Å²) in [5.74, 6) is 1.07. The van der Waals surface area contributed by atoms with Crippen molar-refractivity contribution in [2.45, 2.75) is 18.9 Å². The van der Waals surface area contributed by atoms with Gasteiger partial charge < -0.3 is 9.64 Å². The van der Waals surface area contributed by atoms with Crippen LogP contribution >= 0.6 is 0 Å². The van der Waals surface area contributed by atoms with Crippen LogP contribution in [0.25, 0.3) is 5.65 Å². The number of rotatable bonds is 4. The fourth-order valence-corrected chi connectivity index (χ4v) is 4.11. The lowest BCUT2D eigenvalue weighted by Crippen LogP contribution is -2.36. The van der Waals surface area contributed by atoms with Gasteiger partial charge in [0.1, 0.15) is 5.82 Å². The molecule has 2 saturated heterocycles. The molecule has 2 fully saturated rings. The molecule has 3 aromatic rings. The average Bonchev–Trinajstić information content (AvgIpc) is 3.36. The monoisotopic (exact) mass is 381 g/mol. The van der Waals surface area contributed by atoms with Gasteiger partial charge >= 0.3 is 0 Å². The number of benzene rings is 1. The van der Waals surface area contributed by atoms with Crippen LogP contribution < -0.4 is 4.90 Å². The van der Waals surface area contributed by atoms with Gasteiger partial charge in [-0.15, -0.1) is 0 Å². The first-order valence-electron chi connectivity index (χ1n) is 9.90. The average molecular weight is 381 g/mol. The van der Waals surface area contributed by atoms with Gasteiger partial charge in [0, 0.05) is 32.1 Å². The summed E-state index contributed by atoms with van der Waals surface area (Å²) in [5.41, 5.74) is 3.20. The second kappa shape index (κ2) is 7.48. The number of morpholine rings is 1. The predicted molar refractivity (Wildman–Crippen MR) is 105 cm³/mol. The summed E-state index contributed by atoms with van der Waals surface area (Å²) in [6, 6.07) is 10.9.